The van der Waals surface area contributed by atoms with E-state index in [1.54, 1.807) is 18.2 Å². The Kier molecular flexibility index (Phi) is 7.00. The lowest BCUT2D eigenvalue weighted by atomic mass is 10.3. The van der Waals surface area contributed by atoms with E-state index in [9.17, 15) is 18.5 Å². The van der Waals surface area contributed by atoms with E-state index in [-0.39, 0.29) is 10.6 Å². The van der Waals surface area contributed by atoms with Crippen LogP contribution in [0.25, 0.3) is 0 Å². The van der Waals surface area contributed by atoms with Crippen molar-refractivity contribution in [2.45, 2.75) is 31.6 Å². The number of ether oxygens (including phenoxy) is 2. The van der Waals surface area contributed by atoms with Crippen LogP contribution in [0.3, 0.4) is 0 Å². The molecule has 0 spiro atoms. The van der Waals surface area contributed by atoms with Crippen molar-refractivity contribution in [2.75, 3.05) is 17.9 Å². The third-order valence-corrected chi connectivity index (χ3v) is 4.87. The van der Waals surface area contributed by atoms with Gasteiger partial charge in [-0.25, -0.2) is 8.42 Å². The zero-order valence-corrected chi connectivity index (χ0v) is 16.0. The Bertz CT molecular complexity index is 881. The van der Waals surface area contributed by atoms with Crippen LogP contribution in [0.4, 0.5) is 11.4 Å². The molecule has 0 aromatic heterocycles. The SMILES string of the molecule is CCCOc1ccc(NS(=O)(=O)c2ccc([N+](=O)[O-])cc2)cc1OCCC. The van der Waals surface area contributed by atoms with Gasteiger partial charge in [-0.3, -0.25) is 14.8 Å². The number of nitro groups is 1. The molecule has 8 nitrogen and oxygen atoms in total. The van der Waals surface area contributed by atoms with Gasteiger partial charge in [-0.05, 0) is 37.1 Å². The van der Waals surface area contributed by atoms with E-state index in [1.807, 2.05) is 13.8 Å². The molecule has 0 fully saturated rings. The zero-order valence-electron chi connectivity index (χ0n) is 15.2. The Morgan fingerprint density at radius 3 is 2.11 bits per heavy atom. The van der Waals surface area contributed by atoms with Crippen molar-refractivity contribution in [1.82, 2.24) is 0 Å². The Balaban J connectivity index is 2.24. The van der Waals surface area contributed by atoms with Crippen molar-refractivity contribution < 1.29 is 22.8 Å². The molecule has 0 atom stereocenters. The monoisotopic (exact) mass is 394 g/mol. The van der Waals surface area contributed by atoms with E-state index < -0.39 is 14.9 Å². The first-order valence-electron chi connectivity index (χ1n) is 8.54. The van der Waals surface area contributed by atoms with Gasteiger partial charge in [0.05, 0.1) is 28.7 Å². The Hall–Kier alpha value is -2.81. The average Bonchev–Trinajstić information content (AvgIpc) is 2.65. The summed E-state index contributed by atoms with van der Waals surface area (Å²) in [6.45, 7) is 4.95. The average molecular weight is 394 g/mol. The molecule has 0 bridgehead atoms. The summed E-state index contributed by atoms with van der Waals surface area (Å²) < 4.78 is 38.7. The Morgan fingerprint density at radius 1 is 0.963 bits per heavy atom. The van der Waals surface area contributed by atoms with Crippen LogP contribution < -0.4 is 14.2 Å². The minimum atomic E-state index is -3.89. The molecule has 0 amide bonds. The first-order chi connectivity index (χ1) is 12.9. The van der Waals surface area contributed by atoms with Gasteiger partial charge in [0, 0.05) is 18.2 Å². The molecule has 0 saturated carbocycles. The van der Waals surface area contributed by atoms with Crippen molar-refractivity contribution in [1.29, 1.82) is 0 Å². The number of hydrogen-bond acceptors (Lipinski definition) is 6. The van der Waals surface area contributed by atoms with Gasteiger partial charge >= 0.3 is 0 Å². The normalized spacial score (nSPS) is 11.0. The minimum Gasteiger partial charge on any atom is -0.490 e. The van der Waals surface area contributed by atoms with Gasteiger partial charge in [0.15, 0.2) is 11.5 Å². The maximum Gasteiger partial charge on any atom is 0.269 e. The molecule has 2 aromatic carbocycles. The molecule has 0 saturated heterocycles. The molecule has 0 unspecified atom stereocenters. The predicted molar refractivity (Wildman–Crippen MR) is 102 cm³/mol. The molecule has 27 heavy (non-hydrogen) atoms. The molecule has 0 aliphatic heterocycles. The highest BCUT2D eigenvalue weighted by Gasteiger charge is 2.17. The van der Waals surface area contributed by atoms with Crippen molar-refractivity contribution in [2.24, 2.45) is 0 Å². The summed E-state index contributed by atoms with van der Waals surface area (Å²) in [5.41, 5.74) is 0.130. The van der Waals surface area contributed by atoms with Crippen LogP contribution >= 0.6 is 0 Å². The van der Waals surface area contributed by atoms with Crippen LogP contribution in [0, 0.1) is 10.1 Å². The quantitative estimate of drug-likeness (QED) is 0.482. The third-order valence-electron chi connectivity index (χ3n) is 3.48. The predicted octanol–water partition coefficient (Wildman–Crippen LogP) is 3.97. The van der Waals surface area contributed by atoms with Crippen molar-refractivity contribution in [3.05, 3.63) is 52.6 Å². The second kappa shape index (κ2) is 9.22. The molecular weight excluding hydrogens is 372 g/mol. The van der Waals surface area contributed by atoms with E-state index in [1.165, 1.54) is 12.1 Å². The van der Waals surface area contributed by atoms with Crippen LogP contribution in [0.2, 0.25) is 0 Å². The maximum absolute atomic E-state index is 12.5. The molecule has 2 rings (SSSR count). The Labute approximate surface area is 158 Å². The number of nitro benzene ring substituents is 1. The number of sulfonamides is 1. The lowest BCUT2D eigenvalue weighted by Crippen LogP contribution is -2.13. The first kappa shape index (κ1) is 20.5. The van der Waals surface area contributed by atoms with Crippen molar-refractivity contribution in [3.63, 3.8) is 0 Å². The molecular formula is C18H22N2O6S. The largest absolute Gasteiger partial charge is 0.490 e. The van der Waals surface area contributed by atoms with Crippen molar-refractivity contribution in [3.8, 4) is 11.5 Å². The third kappa shape index (κ3) is 5.58. The number of benzene rings is 2. The van der Waals surface area contributed by atoms with Gasteiger partial charge in [0.1, 0.15) is 0 Å². The highest BCUT2D eigenvalue weighted by molar-refractivity contribution is 7.92. The van der Waals surface area contributed by atoms with Gasteiger partial charge < -0.3 is 9.47 Å². The summed E-state index contributed by atoms with van der Waals surface area (Å²) in [6, 6.07) is 9.45. The number of hydrogen-bond donors (Lipinski definition) is 1. The number of anilines is 1. The standard InChI is InChI=1S/C18H22N2O6S/c1-3-11-25-17-10-5-14(13-18(17)26-12-4-2)19-27(23,24)16-8-6-15(7-9-16)20(21)22/h5-10,13,19H,3-4,11-12H2,1-2H3. The van der Waals surface area contributed by atoms with Crippen LogP contribution in [-0.4, -0.2) is 26.6 Å². The minimum absolute atomic E-state index is 0.0737. The Morgan fingerprint density at radius 2 is 1.56 bits per heavy atom. The van der Waals surface area contributed by atoms with Gasteiger partial charge in [0.25, 0.3) is 15.7 Å². The number of non-ortho nitro benzene ring substituents is 1. The summed E-state index contributed by atoms with van der Waals surface area (Å²) in [5, 5.41) is 10.7. The summed E-state index contributed by atoms with van der Waals surface area (Å²) in [5.74, 6) is 0.998. The molecule has 0 aliphatic rings. The van der Waals surface area contributed by atoms with Gasteiger partial charge in [-0.2, -0.15) is 0 Å². The van der Waals surface area contributed by atoms with E-state index >= 15 is 0 Å². The number of nitrogens with zero attached hydrogens (tertiary/aromatic N) is 1. The summed E-state index contributed by atoms with van der Waals surface area (Å²) in [6.07, 6.45) is 1.63. The first-order valence-corrected chi connectivity index (χ1v) is 10.0. The molecule has 2 aromatic rings. The topological polar surface area (TPSA) is 108 Å². The van der Waals surface area contributed by atoms with Gasteiger partial charge in [-0.1, -0.05) is 13.8 Å². The fourth-order valence-electron chi connectivity index (χ4n) is 2.19. The van der Waals surface area contributed by atoms with E-state index in [0.29, 0.717) is 30.4 Å². The van der Waals surface area contributed by atoms with Crippen molar-refractivity contribution >= 4 is 21.4 Å². The summed E-state index contributed by atoms with van der Waals surface area (Å²) in [4.78, 5) is 10.0. The van der Waals surface area contributed by atoms with Gasteiger partial charge in [0.2, 0.25) is 0 Å². The highest BCUT2D eigenvalue weighted by atomic mass is 32.2. The van der Waals surface area contributed by atoms with E-state index in [4.69, 9.17) is 9.47 Å². The molecule has 0 aliphatic carbocycles. The van der Waals surface area contributed by atoms with Crippen LogP contribution in [-0.2, 0) is 10.0 Å². The summed E-state index contributed by atoms with van der Waals surface area (Å²) >= 11 is 0. The number of nitrogens with one attached hydrogen (secondary N) is 1. The number of rotatable bonds is 10. The lowest BCUT2D eigenvalue weighted by Gasteiger charge is -2.14. The highest BCUT2D eigenvalue weighted by Crippen LogP contribution is 2.32. The van der Waals surface area contributed by atoms with Crippen LogP contribution in [0.15, 0.2) is 47.4 Å². The van der Waals surface area contributed by atoms with Crippen LogP contribution in [0.1, 0.15) is 26.7 Å². The smallest absolute Gasteiger partial charge is 0.269 e. The molecule has 9 heteroatoms. The zero-order chi connectivity index (χ0) is 19.9. The lowest BCUT2D eigenvalue weighted by molar-refractivity contribution is -0.384. The van der Waals surface area contributed by atoms with E-state index in [0.717, 1.165) is 25.0 Å². The molecule has 146 valence electrons. The second-order valence-corrected chi connectivity index (χ2v) is 7.40. The fourth-order valence-corrected chi connectivity index (χ4v) is 3.24. The van der Waals surface area contributed by atoms with Crippen LogP contribution in [0.5, 0.6) is 11.5 Å². The second-order valence-electron chi connectivity index (χ2n) is 5.71. The van der Waals surface area contributed by atoms with E-state index in [2.05, 4.69) is 4.72 Å². The van der Waals surface area contributed by atoms with Gasteiger partial charge in [-0.15, -0.1) is 0 Å². The summed E-state index contributed by atoms with van der Waals surface area (Å²) in [7, 11) is -3.89. The fraction of sp³-hybridized carbons (Fsp3) is 0.333. The molecule has 1 N–H and O–H groups in total. The molecule has 0 radical (unpaired) electrons. The molecule has 0 heterocycles. The maximum atomic E-state index is 12.5.